The van der Waals surface area contributed by atoms with Gasteiger partial charge < -0.3 is 5.32 Å². The fourth-order valence-corrected chi connectivity index (χ4v) is 4.36. The Morgan fingerprint density at radius 2 is 1.84 bits per heavy atom. The molecule has 1 heterocycles. The van der Waals surface area contributed by atoms with Gasteiger partial charge in [0, 0.05) is 30.6 Å². The van der Waals surface area contributed by atoms with Gasteiger partial charge in [-0.05, 0) is 35.2 Å². The molecular formula is C18H22N2O3S2. The van der Waals surface area contributed by atoms with Crippen molar-refractivity contribution in [1.82, 2.24) is 9.62 Å². The van der Waals surface area contributed by atoms with Gasteiger partial charge in [-0.25, -0.2) is 8.42 Å². The molecule has 1 aromatic heterocycles. The van der Waals surface area contributed by atoms with E-state index in [0.29, 0.717) is 19.6 Å². The largest absolute Gasteiger partial charge is 0.348 e. The summed E-state index contributed by atoms with van der Waals surface area (Å²) >= 11 is 1.56. The lowest BCUT2D eigenvalue weighted by Crippen LogP contribution is -2.30. The Bertz CT molecular complexity index is 807. The number of carbonyl (C=O) groups excluding carboxylic acids is 1. The maximum atomic E-state index is 12.4. The van der Waals surface area contributed by atoms with Crippen molar-refractivity contribution >= 4 is 33.3 Å². The normalized spacial score (nSPS) is 12.0. The summed E-state index contributed by atoms with van der Waals surface area (Å²) in [6.07, 6.45) is 3.25. The molecule has 0 aliphatic heterocycles. The van der Waals surface area contributed by atoms with Crippen LogP contribution in [0.4, 0.5) is 0 Å². The fourth-order valence-electron chi connectivity index (χ4n) is 2.28. The SMILES string of the molecule is CCN(CC)S(=O)(=O)c1ccc(CNC(=O)/C=C/c2cccs2)cc1. The van der Waals surface area contributed by atoms with Gasteiger partial charge in [-0.3, -0.25) is 4.79 Å². The zero-order chi connectivity index (χ0) is 18.3. The van der Waals surface area contributed by atoms with Crippen LogP contribution in [0, 0.1) is 0 Å². The van der Waals surface area contributed by atoms with E-state index in [1.165, 1.54) is 10.4 Å². The number of nitrogens with zero attached hydrogens (tertiary/aromatic N) is 1. The van der Waals surface area contributed by atoms with Crippen LogP contribution in [-0.4, -0.2) is 31.7 Å². The molecule has 0 saturated heterocycles. The third-order valence-corrected chi connectivity index (χ3v) is 6.58. The van der Waals surface area contributed by atoms with E-state index in [0.717, 1.165) is 10.4 Å². The van der Waals surface area contributed by atoms with Gasteiger partial charge in [0.25, 0.3) is 0 Å². The average Bonchev–Trinajstić information content (AvgIpc) is 3.13. The molecule has 1 amide bonds. The molecule has 25 heavy (non-hydrogen) atoms. The number of carbonyl (C=O) groups is 1. The van der Waals surface area contributed by atoms with E-state index in [2.05, 4.69) is 5.32 Å². The molecule has 2 aromatic rings. The first-order valence-corrected chi connectivity index (χ1v) is 10.4. The number of amides is 1. The molecule has 0 atom stereocenters. The first-order valence-electron chi connectivity index (χ1n) is 8.06. The van der Waals surface area contributed by atoms with E-state index < -0.39 is 10.0 Å². The highest BCUT2D eigenvalue weighted by Crippen LogP contribution is 2.16. The summed E-state index contributed by atoms with van der Waals surface area (Å²) in [5.41, 5.74) is 0.844. The molecule has 0 saturated carbocycles. The van der Waals surface area contributed by atoms with Crippen molar-refractivity contribution < 1.29 is 13.2 Å². The van der Waals surface area contributed by atoms with Crippen LogP contribution in [0.5, 0.6) is 0 Å². The highest BCUT2D eigenvalue weighted by atomic mass is 32.2. The molecule has 1 N–H and O–H groups in total. The van der Waals surface area contributed by atoms with Crippen LogP contribution in [0.2, 0.25) is 0 Å². The monoisotopic (exact) mass is 378 g/mol. The molecule has 0 spiro atoms. The fraction of sp³-hybridized carbons (Fsp3) is 0.278. The van der Waals surface area contributed by atoms with Gasteiger partial charge in [0.1, 0.15) is 0 Å². The molecule has 2 rings (SSSR count). The summed E-state index contributed by atoms with van der Waals surface area (Å²) in [7, 11) is -3.45. The maximum Gasteiger partial charge on any atom is 0.244 e. The Hall–Kier alpha value is -1.96. The lowest BCUT2D eigenvalue weighted by molar-refractivity contribution is -0.116. The molecule has 1 aromatic carbocycles. The Labute approximate surface area is 153 Å². The molecular weight excluding hydrogens is 356 g/mol. The molecule has 0 radical (unpaired) electrons. The summed E-state index contributed by atoms with van der Waals surface area (Å²) in [5.74, 6) is -0.187. The molecule has 0 unspecified atom stereocenters. The predicted molar refractivity (Wildman–Crippen MR) is 102 cm³/mol. The van der Waals surface area contributed by atoms with Gasteiger partial charge >= 0.3 is 0 Å². The van der Waals surface area contributed by atoms with E-state index in [9.17, 15) is 13.2 Å². The van der Waals surface area contributed by atoms with Crippen LogP contribution >= 0.6 is 11.3 Å². The van der Waals surface area contributed by atoms with Crippen molar-refractivity contribution in [3.8, 4) is 0 Å². The predicted octanol–water partition coefficient (Wildman–Crippen LogP) is 3.11. The van der Waals surface area contributed by atoms with Gasteiger partial charge in [-0.2, -0.15) is 4.31 Å². The summed E-state index contributed by atoms with van der Waals surface area (Å²) in [4.78, 5) is 13.1. The molecule has 5 nitrogen and oxygen atoms in total. The van der Waals surface area contributed by atoms with Gasteiger partial charge in [0.2, 0.25) is 15.9 Å². The second-order valence-electron chi connectivity index (χ2n) is 5.30. The van der Waals surface area contributed by atoms with Crippen molar-refractivity contribution in [2.24, 2.45) is 0 Å². The Morgan fingerprint density at radius 3 is 2.40 bits per heavy atom. The first-order chi connectivity index (χ1) is 12.0. The third-order valence-electron chi connectivity index (χ3n) is 3.68. The van der Waals surface area contributed by atoms with Crippen LogP contribution in [-0.2, 0) is 21.4 Å². The van der Waals surface area contributed by atoms with Crippen molar-refractivity contribution in [2.75, 3.05) is 13.1 Å². The molecule has 0 aliphatic rings. The average molecular weight is 379 g/mol. The molecule has 134 valence electrons. The molecule has 0 fully saturated rings. The number of sulfonamides is 1. The maximum absolute atomic E-state index is 12.4. The van der Waals surface area contributed by atoms with Crippen molar-refractivity contribution in [3.05, 3.63) is 58.3 Å². The van der Waals surface area contributed by atoms with E-state index >= 15 is 0 Å². The quantitative estimate of drug-likeness (QED) is 0.718. The number of benzene rings is 1. The highest BCUT2D eigenvalue weighted by molar-refractivity contribution is 7.89. The zero-order valence-electron chi connectivity index (χ0n) is 14.3. The van der Waals surface area contributed by atoms with Crippen LogP contribution in [0.25, 0.3) is 6.08 Å². The summed E-state index contributed by atoms with van der Waals surface area (Å²) in [6.45, 7) is 4.85. The zero-order valence-corrected chi connectivity index (χ0v) is 15.9. The first kappa shape index (κ1) is 19.4. The van der Waals surface area contributed by atoms with Crippen LogP contribution in [0.3, 0.4) is 0 Å². The Balaban J connectivity index is 1.95. The molecule has 0 aliphatic carbocycles. The van der Waals surface area contributed by atoms with Crippen molar-refractivity contribution in [2.45, 2.75) is 25.3 Å². The minimum absolute atomic E-state index is 0.187. The lowest BCUT2D eigenvalue weighted by atomic mass is 10.2. The van der Waals surface area contributed by atoms with Gasteiger partial charge in [-0.1, -0.05) is 32.0 Å². The standard InChI is InChI=1S/C18H22N2O3S2/c1-3-20(4-2)25(22,23)17-10-7-15(8-11-17)14-19-18(21)12-9-16-6-5-13-24-16/h5-13H,3-4,14H2,1-2H3,(H,19,21)/b12-9+. The smallest absolute Gasteiger partial charge is 0.244 e. The molecule has 7 heteroatoms. The van der Waals surface area contributed by atoms with Crippen molar-refractivity contribution in [1.29, 1.82) is 0 Å². The van der Waals surface area contributed by atoms with E-state index in [1.54, 1.807) is 41.7 Å². The van der Waals surface area contributed by atoms with Crippen LogP contribution in [0.15, 0.2) is 52.7 Å². The van der Waals surface area contributed by atoms with Gasteiger partial charge in [0.15, 0.2) is 0 Å². The Morgan fingerprint density at radius 1 is 1.16 bits per heavy atom. The third kappa shape index (κ3) is 5.26. The van der Waals surface area contributed by atoms with E-state index in [1.807, 2.05) is 31.4 Å². The molecule has 0 bridgehead atoms. The topological polar surface area (TPSA) is 66.5 Å². The number of hydrogen-bond acceptors (Lipinski definition) is 4. The van der Waals surface area contributed by atoms with Crippen molar-refractivity contribution in [3.63, 3.8) is 0 Å². The number of thiophene rings is 1. The summed E-state index contributed by atoms with van der Waals surface area (Å²) < 4.78 is 26.3. The van der Waals surface area contributed by atoms with Crippen LogP contribution in [0.1, 0.15) is 24.3 Å². The van der Waals surface area contributed by atoms with E-state index in [-0.39, 0.29) is 10.8 Å². The number of hydrogen-bond donors (Lipinski definition) is 1. The number of nitrogens with one attached hydrogen (secondary N) is 1. The second-order valence-corrected chi connectivity index (χ2v) is 8.22. The van der Waals surface area contributed by atoms with E-state index in [4.69, 9.17) is 0 Å². The van der Waals surface area contributed by atoms with Gasteiger partial charge in [-0.15, -0.1) is 11.3 Å². The second kappa shape index (κ2) is 8.94. The summed E-state index contributed by atoms with van der Waals surface area (Å²) in [5, 5.41) is 4.73. The highest BCUT2D eigenvalue weighted by Gasteiger charge is 2.21. The minimum Gasteiger partial charge on any atom is -0.348 e. The Kier molecular flexibility index (Phi) is 6.92. The lowest BCUT2D eigenvalue weighted by Gasteiger charge is -2.18. The van der Waals surface area contributed by atoms with Crippen LogP contribution < -0.4 is 5.32 Å². The summed E-state index contributed by atoms with van der Waals surface area (Å²) in [6, 6.07) is 10.5. The minimum atomic E-state index is -3.45. The number of rotatable bonds is 8. The van der Waals surface area contributed by atoms with Gasteiger partial charge in [0.05, 0.1) is 4.90 Å².